The van der Waals surface area contributed by atoms with Gasteiger partial charge in [0.05, 0.1) is 30.8 Å². The zero-order valence-electron chi connectivity index (χ0n) is 31.8. The molecule has 18 heteroatoms. The van der Waals surface area contributed by atoms with E-state index < -0.39 is 129 Å². The largest absolute Gasteiger partial charge is 0.432 e. The van der Waals surface area contributed by atoms with Gasteiger partial charge in [-0.05, 0) is 86.5 Å². The highest BCUT2D eigenvalue weighted by molar-refractivity contribution is 5.77. The molecule has 0 aromatic heterocycles. The molecule has 2 bridgehead atoms. The minimum absolute atomic E-state index is 0.121. The highest BCUT2D eigenvalue weighted by Crippen LogP contribution is 2.73. The summed E-state index contributed by atoms with van der Waals surface area (Å²) in [4.78, 5) is 14.1. The van der Waals surface area contributed by atoms with Crippen molar-refractivity contribution in [2.75, 3.05) is 19.8 Å². The molecule has 0 aromatic rings. The maximum Gasteiger partial charge on any atom is 0.314 e. The molecule has 1 spiro atoms. The Labute approximate surface area is 324 Å². The number of rotatable bonds is 9. The molecule has 56 heavy (non-hydrogen) atoms. The van der Waals surface area contributed by atoms with Crippen LogP contribution in [0.5, 0.6) is 0 Å². The summed E-state index contributed by atoms with van der Waals surface area (Å²) < 4.78 is 35.6. The second-order valence-corrected chi connectivity index (χ2v) is 18.0. The number of hydrogen-bond donors (Lipinski definition) is 11. The number of carbonyl (C=O) groups is 1. The summed E-state index contributed by atoms with van der Waals surface area (Å²) in [7, 11) is 0. The normalized spacial score (nSPS) is 54.6. The van der Waals surface area contributed by atoms with Crippen molar-refractivity contribution in [2.45, 2.75) is 169 Å². The maximum absolute atomic E-state index is 14.1. The molecule has 18 nitrogen and oxygen atoms in total. The van der Waals surface area contributed by atoms with Crippen LogP contribution in [0.25, 0.3) is 0 Å². The molecule has 7 rings (SSSR count). The van der Waals surface area contributed by atoms with Gasteiger partial charge in [-0.15, -0.1) is 0 Å². The summed E-state index contributed by atoms with van der Waals surface area (Å²) >= 11 is 0. The summed E-state index contributed by atoms with van der Waals surface area (Å²) in [5.41, 5.74) is -1.80. The first kappa shape index (κ1) is 42.7. The van der Waals surface area contributed by atoms with Gasteiger partial charge in [-0.25, -0.2) is 0 Å². The number of fused-ring (bicyclic) bond motifs is 3. The van der Waals surface area contributed by atoms with E-state index in [9.17, 15) is 61.0 Å². The van der Waals surface area contributed by atoms with Gasteiger partial charge in [-0.2, -0.15) is 0 Å². The molecule has 7 fully saturated rings. The molecular weight excluding hydrogens is 744 g/mol. The van der Waals surface area contributed by atoms with E-state index in [4.69, 9.17) is 28.4 Å². The second-order valence-electron chi connectivity index (χ2n) is 18.0. The van der Waals surface area contributed by atoms with Crippen LogP contribution < -0.4 is 0 Å². The van der Waals surface area contributed by atoms with E-state index in [1.165, 1.54) is 0 Å². The predicted octanol–water partition coefficient (Wildman–Crippen LogP) is -2.94. The molecule has 21 atom stereocenters. The lowest BCUT2D eigenvalue weighted by molar-refractivity contribution is -0.378. The van der Waals surface area contributed by atoms with Crippen LogP contribution >= 0.6 is 0 Å². The van der Waals surface area contributed by atoms with Crippen molar-refractivity contribution < 1.29 is 89.4 Å². The summed E-state index contributed by atoms with van der Waals surface area (Å²) in [5, 5.41) is 114. The van der Waals surface area contributed by atoms with Gasteiger partial charge in [-0.3, -0.25) is 4.79 Å². The third-order valence-electron chi connectivity index (χ3n) is 15.0. The molecule has 7 aliphatic rings. The van der Waals surface area contributed by atoms with Gasteiger partial charge in [0.25, 0.3) is 0 Å². The quantitative estimate of drug-likeness (QED) is 0.0631. The number of ether oxygens (including phenoxy) is 6. The van der Waals surface area contributed by atoms with Crippen molar-refractivity contribution in [3.63, 3.8) is 0 Å². The first-order valence-corrected chi connectivity index (χ1v) is 19.9. The van der Waals surface area contributed by atoms with E-state index in [0.29, 0.717) is 44.9 Å². The summed E-state index contributed by atoms with van der Waals surface area (Å²) in [6.07, 6.45) is -17.8. The van der Waals surface area contributed by atoms with Gasteiger partial charge < -0.3 is 84.6 Å². The predicted molar refractivity (Wildman–Crippen MR) is 186 cm³/mol. The smallest absolute Gasteiger partial charge is 0.314 e. The van der Waals surface area contributed by atoms with Crippen molar-refractivity contribution >= 4 is 5.97 Å². The molecule has 11 N–H and O–H groups in total. The molecule has 3 heterocycles. The Morgan fingerprint density at radius 1 is 0.679 bits per heavy atom. The molecule has 320 valence electrons. The van der Waals surface area contributed by atoms with Crippen LogP contribution in [0.15, 0.2) is 12.2 Å². The molecule has 4 saturated carbocycles. The molecule has 0 amide bonds. The molecular formula is C38H60O18. The minimum atomic E-state index is -1.81. The van der Waals surface area contributed by atoms with Crippen LogP contribution in [0.2, 0.25) is 0 Å². The molecule has 3 saturated heterocycles. The zero-order chi connectivity index (χ0) is 40.7. The van der Waals surface area contributed by atoms with Gasteiger partial charge in [0.15, 0.2) is 12.6 Å². The summed E-state index contributed by atoms with van der Waals surface area (Å²) in [5.74, 6) is -0.591. The number of esters is 1. The number of aliphatic hydroxyl groups excluding tert-OH is 11. The van der Waals surface area contributed by atoms with Crippen LogP contribution in [-0.4, -0.2) is 180 Å². The molecule has 4 aliphatic carbocycles. The summed E-state index contributed by atoms with van der Waals surface area (Å²) in [6.45, 7) is 6.52. The van der Waals surface area contributed by atoms with Crippen LogP contribution in [0, 0.1) is 28.1 Å². The Kier molecular flexibility index (Phi) is 11.9. The Hall–Kier alpha value is -1.43. The van der Waals surface area contributed by atoms with E-state index >= 15 is 0 Å². The van der Waals surface area contributed by atoms with E-state index in [1.807, 2.05) is 6.92 Å². The minimum Gasteiger partial charge on any atom is -0.432 e. The molecule has 0 aromatic carbocycles. The highest BCUT2D eigenvalue weighted by atomic mass is 16.8. The van der Waals surface area contributed by atoms with Crippen molar-refractivity contribution in [1.29, 1.82) is 0 Å². The molecule has 0 radical (unpaired) electrons. The van der Waals surface area contributed by atoms with E-state index in [1.54, 1.807) is 0 Å². The van der Waals surface area contributed by atoms with E-state index in [-0.39, 0.29) is 22.7 Å². The first-order valence-electron chi connectivity index (χ1n) is 19.9. The van der Waals surface area contributed by atoms with Gasteiger partial charge in [0.1, 0.15) is 73.2 Å². The average molecular weight is 805 g/mol. The Bertz CT molecular complexity index is 1450. The topological polar surface area (TPSA) is 295 Å². The van der Waals surface area contributed by atoms with Gasteiger partial charge in [-0.1, -0.05) is 19.9 Å². The van der Waals surface area contributed by atoms with Gasteiger partial charge >= 0.3 is 5.97 Å². The number of carbonyl (C=O) groups excluding carboxylic acids is 1. The van der Waals surface area contributed by atoms with Crippen molar-refractivity contribution in [3.05, 3.63) is 12.2 Å². The maximum atomic E-state index is 14.1. The SMILES string of the molecule is C=C1CC23CCC4[C@](C)(C(=O)OC5OC(CO)C(O)C(O)C5O)CCC[C@@]4(C)[C@@H]2CCC1(OC1OC(CO)C(O)C(O)C1OC1OC(CO)C(O)C(O)C1O)C3. The highest BCUT2D eigenvalue weighted by Gasteiger charge is 2.69. The zero-order valence-corrected chi connectivity index (χ0v) is 31.8. The number of aliphatic hydroxyl groups is 11. The lowest BCUT2D eigenvalue weighted by Crippen LogP contribution is -2.65. The molecule has 3 aliphatic heterocycles. The fraction of sp³-hybridized carbons (Fsp3) is 0.921. The van der Waals surface area contributed by atoms with Crippen LogP contribution in [0.4, 0.5) is 0 Å². The van der Waals surface area contributed by atoms with Gasteiger partial charge in [0.2, 0.25) is 6.29 Å². The third-order valence-corrected chi connectivity index (χ3v) is 15.0. The van der Waals surface area contributed by atoms with Crippen LogP contribution in [0.1, 0.15) is 71.6 Å². The van der Waals surface area contributed by atoms with Crippen molar-refractivity contribution in [2.24, 2.45) is 28.1 Å². The van der Waals surface area contributed by atoms with Crippen LogP contribution in [-0.2, 0) is 33.2 Å². The van der Waals surface area contributed by atoms with Crippen molar-refractivity contribution in [3.8, 4) is 0 Å². The van der Waals surface area contributed by atoms with Crippen molar-refractivity contribution in [1.82, 2.24) is 0 Å². The third kappa shape index (κ3) is 6.69. The molecule has 18 unspecified atom stereocenters. The van der Waals surface area contributed by atoms with E-state index in [0.717, 1.165) is 18.4 Å². The fourth-order valence-electron chi connectivity index (χ4n) is 12.0. The van der Waals surface area contributed by atoms with Gasteiger partial charge in [0, 0.05) is 0 Å². The van der Waals surface area contributed by atoms with E-state index in [2.05, 4.69) is 13.5 Å². The monoisotopic (exact) mass is 804 g/mol. The Balaban J connectivity index is 1.10. The standard InChI is InChI=1S/C38H60O18/c1-16-11-37-9-5-20-35(2,7-4-8-36(20,3)34(50)55-32-29(49)26(46)23(43)18(13-40)52-32)21(37)6-10-38(16,15-37)56-33-30(27(47)24(44)19(14-41)53-33)54-31-28(48)25(45)22(42)17(12-39)51-31/h17-33,39-49H,1,4-15H2,2-3H3/t17?,18?,19?,20?,21-,22?,23?,24?,25?,26?,27?,28?,29?,30?,31?,32?,33?,35+,36+,37?,38?/m0/s1. The second kappa shape index (κ2) is 15.6. The Morgan fingerprint density at radius 3 is 1.82 bits per heavy atom. The Morgan fingerprint density at radius 2 is 1.21 bits per heavy atom. The number of hydrogen-bond acceptors (Lipinski definition) is 18. The first-order chi connectivity index (χ1) is 26.4. The summed E-state index contributed by atoms with van der Waals surface area (Å²) in [6, 6.07) is 0. The fourth-order valence-corrected chi connectivity index (χ4v) is 12.0. The lowest BCUT2D eigenvalue weighted by atomic mass is 9.41. The van der Waals surface area contributed by atoms with Crippen LogP contribution in [0.3, 0.4) is 0 Å². The average Bonchev–Trinajstić information content (AvgIpc) is 3.37. The lowest BCUT2D eigenvalue weighted by Gasteiger charge is -2.64.